The molecule has 0 fully saturated rings. The predicted octanol–water partition coefficient (Wildman–Crippen LogP) is 8.50. The minimum Gasteiger partial charge on any atom is -0.226 e. The summed E-state index contributed by atoms with van der Waals surface area (Å²) in [5.41, 5.74) is 6.31. The van der Waals surface area contributed by atoms with Gasteiger partial charge in [-0.1, -0.05) is 96.5 Å². The fourth-order valence-electron chi connectivity index (χ4n) is 3.99. The van der Waals surface area contributed by atoms with E-state index >= 15 is 0 Å². The third-order valence-electron chi connectivity index (χ3n) is 5.57. The quantitative estimate of drug-likeness (QED) is 0.271. The Hall–Kier alpha value is -3.53. The monoisotopic (exact) mass is 448 g/mol. The zero-order valence-corrected chi connectivity index (χ0v) is 18.6. The van der Waals surface area contributed by atoms with Crippen LogP contribution < -0.4 is 0 Å². The predicted molar refractivity (Wildman–Crippen MR) is 136 cm³/mol. The molecule has 6 rings (SSSR count). The molecule has 0 radical (unpaired) electrons. The van der Waals surface area contributed by atoms with Crippen LogP contribution >= 0.6 is 22.9 Å². The van der Waals surface area contributed by atoms with Gasteiger partial charge in [0.25, 0.3) is 0 Å². The van der Waals surface area contributed by atoms with Gasteiger partial charge in [0.2, 0.25) is 0 Å². The normalized spacial score (nSPS) is 11.3. The zero-order chi connectivity index (χ0) is 21.5. The van der Waals surface area contributed by atoms with Crippen molar-refractivity contribution in [3.63, 3.8) is 0 Å². The van der Waals surface area contributed by atoms with Crippen LogP contribution in [0.15, 0.2) is 103 Å². The van der Waals surface area contributed by atoms with Crippen LogP contribution in [-0.4, -0.2) is 9.97 Å². The molecule has 0 aliphatic heterocycles. The van der Waals surface area contributed by atoms with E-state index in [4.69, 9.17) is 21.6 Å². The lowest BCUT2D eigenvalue weighted by atomic mass is 10.0. The van der Waals surface area contributed by atoms with Crippen LogP contribution in [0.5, 0.6) is 0 Å². The van der Waals surface area contributed by atoms with Crippen LogP contribution in [0.3, 0.4) is 0 Å². The number of thiophene rings is 1. The summed E-state index contributed by atoms with van der Waals surface area (Å²) in [5.74, 6) is 0.686. The summed E-state index contributed by atoms with van der Waals surface area (Å²) in [7, 11) is 0. The second kappa shape index (κ2) is 7.86. The third-order valence-corrected chi connectivity index (χ3v) is 6.97. The highest BCUT2D eigenvalue weighted by atomic mass is 35.5. The molecule has 2 nitrogen and oxygen atoms in total. The summed E-state index contributed by atoms with van der Waals surface area (Å²) in [6.45, 7) is 0. The Bertz CT molecular complexity index is 1570. The van der Waals surface area contributed by atoms with Crippen molar-refractivity contribution >= 4 is 43.2 Å². The van der Waals surface area contributed by atoms with Crippen LogP contribution in [0, 0.1) is 0 Å². The number of hydrogen-bond acceptors (Lipinski definition) is 3. The highest BCUT2D eigenvalue weighted by Crippen LogP contribution is 2.39. The molecule has 0 spiro atoms. The molecule has 0 aliphatic carbocycles. The standard InChI is InChI=1S/C28H17ClN2S/c29-22-10-6-9-21(17-22)28-30-25(27-26(31-28)23-11-4-5-12-24(23)32-27)20-15-13-19(14-16-20)18-7-2-1-3-8-18/h1-17H. The van der Waals surface area contributed by atoms with Gasteiger partial charge in [0.15, 0.2) is 5.82 Å². The molecule has 32 heavy (non-hydrogen) atoms. The van der Waals surface area contributed by atoms with Crippen molar-refractivity contribution in [3.05, 3.63) is 108 Å². The molecule has 4 heteroatoms. The van der Waals surface area contributed by atoms with Gasteiger partial charge in [-0.3, -0.25) is 0 Å². The van der Waals surface area contributed by atoms with Gasteiger partial charge in [-0.05, 0) is 29.3 Å². The number of benzene rings is 4. The maximum atomic E-state index is 6.27. The molecule has 0 bridgehead atoms. The van der Waals surface area contributed by atoms with Gasteiger partial charge < -0.3 is 0 Å². The smallest absolute Gasteiger partial charge is 0.160 e. The molecule has 6 aromatic rings. The summed E-state index contributed by atoms with van der Waals surface area (Å²) in [4.78, 5) is 9.99. The molecule has 4 aromatic carbocycles. The molecule has 0 amide bonds. The summed E-state index contributed by atoms with van der Waals surface area (Å²) in [6.07, 6.45) is 0. The lowest BCUT2D eigenvalue weighted by molar-refractivity contribution is 1.24. The van der Waals surface area contributed by atoms with Crippen molar-refractivity contribution < 1.29 is 0 Å². The Balaban J connectivity index is 1.58. The van der Waals surface area contributed by atoms with E-state index in [0.717, 1.165) is 32.4 Å². The van der Waals surface area contributed by atoms with E-state index in [-0.39, 0.29) is 0 Å². The Morgan fingerprint density at radius 2 is 1.28 bits per heavy atom. The van der Waals surface area contributed by atoms with Crippen molar-refractivity contribution in [3.8, 4) is 33.8 Å². The third kappa shape index (κ3) is 3.36. The number of fused-ring (bicyclic) bond motifs is 3. The van der Waals surface area contributed by atoms with E-state index in [1.54, 1.807) is 11.3 Å². The first-order chi connectivity index (χ1) is 15.8. The van der Waals surface area contributed by atoms with Crippen molar-refractivity contribution in [1.29, 1.82) is 0 Å². The lowest BCUT2D eigenvalue weighted by Crippen LogP contribution is -1.93. The second-order valence-electron chi connectivity index (χ2n) is 7.63. The summed E-state index contributed by atoms with van der Waals surface area (Å²) < 4.78 is 2.31. The van der Waals surface area contributed by atoms with Gasteiger partial charge in [-0.2, -0.15) is 0 Å². The van der Waals surface area contributed by atoms with E-state index < -0.39 is 0 Å². The molecular weight excluding hydrogens is 432 g/mol. The van der Waals surface area contributed by atoms with Crippen LogP contribution in [0.2, 0.25) is 5.02 Å². The Labute approximate surface area is 194 Å². The van der Waals surface area contributed by atoms with Crippen molar-refractivity contribution in [1.82, 2.24) is 9.97 Å². The Morgan fingerprint density at radius 3 is 2.09 bits per heavy atom. The molecule has 2 heterocycles. The highest BCUT2D eigenvalue weighted by molar-refractivity contribution is 7.26. The largest absolute Gasteiger partial charge is 0.226 e. The molecule has 0 atom stereocenters. The van der Waals surface area contributed by atoms with Gasteiger partial charge in [0, 0.05) is 26.2 Å². The SMILES string of the molecule is Clc1cccc(-c2nc(-c3ccc(-c4ccccc4)cc3)c3sc4ccccc4c3n2)c1. The van der Waals surface area contributed by atoms with Crippen LogP contribution in [0.4, 0.5) is 0 Å². The number of hydrogen-bond donors (Lipinski definition) is 0. The molecule has 0 saturated heterocycles. The summed E-state index contributed by atoms with van der Waals surface area (Å²) in [5, 5.41) is 1.83. The fraction of sp³-hybridized carbons (Fsp3) is 0. The molecule has 2 aromatic heterocycles. The molecule has 152 valence electrons. The van der Waals surface area contributed by atoms with E-state index in [0.29, 0.717) is 10.8 Å². The maximum absolute atomic E-state index is 6.27. The van der Waals surface area contributed by atoms with E-state index in [1.807, 2.05) is 30.3 Å². The molecular formula is C28H17ClN2S. The number of halogens is 1. The number of rotatable bonds is 3. The lowest BCUT2D eigenvalue weighted by Gasteiger charge is -2.08. The van der Waals surface area contributed by atoms with Crippen molar-refractivity contribution in [2.75, 3.05) is 0 Å². The molecule has 0 N–H and O–H groups in total. The van der Waals surface area contributed by atoms with Gasteiger partial charge in [0.05, 0.1) is 15.9 Å². The van der Waals surface area contributed by atoms with Gasteiger partial charge in [-0.15, -0.1) is 11.3 Å². The minimum atomic E-state index is 0.676. The fourth-order valence-corrected chi connectivity index (χ4v) is 5.34. The zero-order valence-electron chi connectivity index (χ0n) is 17.0. The average molecular weight is 449 g/mol. The first-order valence-corrected chi connectivity index (χ1v) is 11.6. The molecule has 0 saturated carbocycles. The second-order valence-corrected chi connectivity index (χ2v) is 9.11. The Morgan fingerprint density at radius 1 is 0.594 bits per heavy atom. The minimum absolute atomic E-state index is 0.676. The van der Waals surface area contributed by atoms with Crippen LogP contribution in [-0.2, 0) is 0 Å². The van der Waals surface area contributed by atoms with Crippen LogP contribution in [0.1, 0.15) is 0 Å². The first kappa shape index (κ1) is 19.2. The summed E-state index contributed by atoms with van der Waals surface area (Å²) in [6, 6.07) is 35.1. The van der Waals surface area contributed by atoms with Gasteiger partial charge in [0.1, 0.15) is 0 Å². The highest BCUT2D eigenvalue weighted by Gasteiger charge is 2.16. The summed E-state index contributed by atoms with van der Waals surface area (Å²) >= 11 is 8.01. The van der Waals surface area contributed by atoms with E-state index in [2.05, 4.69) is 72.8 Å². The topological polar surface area (TPSA) is 25.8 Å². The molecule has 0 aliphatic rings. The van der Waals surface area contributed by atoms with E-state index in [1.165, 1.54) is 15.8 Å². The van der Waals surface area contributed by atoms with Crippen molar-refractivity contribution in [2.45, 2.75) is 0 Å². The average Bonchev–Trinajstić information content (AvgIpc) is 3.23. The van der Waals surface area contributed by atoms with Crippen LogP contribution in [0.25, 0.3) is 54.1 Å². The van der Waals surface area contributed by atoms with Gasteiger partial charge >= 0.3 is 0 Å². The van der Waals surface area contributed by atoms with Crippen molar-refractivity contribution in [2.24, 2.45) is 0 Å². The van der Waals surface area contributed by atoms with Gasteiger partial charge in [-0.25, -0.2) is 9.97 Å². The molecule has 0 unspecified atom stereocenters. The number of aromatic nitrogens is 2. The number of nitrogens with zero attached hydrogens (tertiary/aromatic N) is 2. The first-order valence-electron chi connectivity index (χ1n) is 10.4. The Kier molecular flexibility index (Phi) is 4.71. The van der Waals surface area contributed by atoms with E-state index in [9.17, 15) is 0 Å². The maximum Gasteiger partial charge on any atom is 0.160 e.